The number of aryl methyl sites for hydroxylation is 1. The first-order chi connectivity index (χ1) is 15.6. The SMILES string of the molecule is Cc1cc(OCC(C)C)ccc1C(O)=C1C(=O)C(=O)N(CCN(C)C)[C@H]1c1ccc(Cl)cc1. The highest BCUT2D eigenvalue weighted by atomic mass is 35.5. The smallest absolute Gasteiger partial charge is 0.295 e. The standard InChI is InChI=1S/C26H31ClN2O4/c1-16(2)15-33-20-10-11-21(17(3)14-20)24(30)22-23(18-6-8-19(27)9-7-18)29(13-12-28(4)5)26(32)25(22)31/h6-11,14,16,23,30H,12-13,15H2,1-5H3/t23-/m0/s1. The van der Waals surface area contributed by atoms with Gasteiger partial charge in [-0.15, -0.1) is 0 Å². The average Bonchev–Trinajstić information content (AvgIpc) is 3.01. The molecular weight excluding hydrogens is 440 g/mol. The number of carbonyl (C=O) groups excluding carboxylic acids is 2. The Morgan fingerprint density at radius 1 is 1.15 bits per heavy atom. The van der Waals surface area contributed by atoms with E-state index in [1.54, 1.807) is 36.4 Å². The summed E-state index contributed by atoms with van der Waals surface area (Å²) in [5.74, 6) is -0.415. The quantitative estimate of drug-likeness (QED) is 0.345. The summed E-state index contributed by atoms with van der Waals surface area (Å²) in [6, 6.07) is 11.6. The van der Waals surface area contributed by atoms with Gasteiger partial charge in [-0.2, -0.15) is 0 Å². The topological polar surface area (TPSA) is 70.1 Å². The Bertz CT molecular complexity index is 1060. The van der Waals surface area contributed by atoms with Gasteiger partial charge < -0.3 is 19.6 Å². The lowest BCUT2D eigenvalue weighted by Crippen LogP contribution is -2.35. The van der Waals surface area contributed by atoms with Gasteiger partial charge in [0.15, 0.2) is 0 Å². The predicted octanol–water partition coefficient (Wildman–Crippen LogP) is 4.67. The van der Waals surface area contributed by atoms with E-state index in [1.807, 2.05) is 32.0 Å². The van der Waals surface area contributed by atoms with Gasteiger partial charge in [0.2, 0.25) is 0 Å². The van der Waals surface area contributed by atoms with E-state index in [0.29, 0.717) is 47.5 Å². The maximum Gasteiger partial charge on any atom is 0.295 e. The van der Waals surface area contributed by atoms with E-state index in [0.717, 1.165) is 5.56 Å². The van der Waals surface area contributed by atoms with Gasteiger partial charge in [-0.3, -0.25) is 9.59 Å². The number of aliphatic hydroxyl groups excluding tert-OH is 1. The lowest BCUT2D eigenvalue weighted by atomic mass is 9.94. The van der Waals surface area contributed by atoms with Crippen LogP contribution in [0.5, 0.6) is 5.75 Å². The van der Waals surface area contributed by atoms with E-state index in [4.69, 9.17) is 16.3 Å². The monoisotopic (exact) mass is 470 g/mol. The van der Waals surface area contributed by atoms with Crippen LogP contribution in [0.2, 0.25) is 5.02 Å². The number of benzene rings is 2. The van der Waals surface area contributed by atoms with E-state index in [1.165, 1.54) is 4.90 Å². The molecule has 1 heterocycles. The Morgan fingerprint density at radius 3 is 2.39 bits per heavy atom. The molecule has 0 unspecified atom stereocenters. The molecular formula is C26H31ClN2O4. The van der Waals surface area contributed by atoms with Crippen LogP contribution in [0.1, 0.15) is 36.6 Å². The lowest BCUT2D eigenvalue weighted by Gasteiger charge is -2.26. The summed E-state index contributed by atoms with van der Waals surface area (Å²) in [7, 11) is 3.81. The number of aliphatic hydroxyl groups is 1. The van der Waals surface area contributed by atoms with E-state index in [2.05, 4.69) is 13.8 Å². The highest BCUT2D eigenvalue weighted by Gasteiger charge is 2.46. The largest absolute Gasteiger partial charge is 0.507 e. The van der Waals surface area contributed by atoms with E-state index in [9.17, 15) is 14.7 Å². The molecule has 2 aromatic rings. The van der Waals surface area contributed by atoms with Crippen molar-refractivity contribution >= 4 is 29.1 Å². The van der Waals surface area contributed by atoms with Crippen LogP contribution in [0.25, 0.3) is 5.76 Å². The van der Waals surface area contributed by atoms with E-state index in [-0.39, 0.29) is 11.3 Å². The number of amides is 1. The van der Waals surface area contributed by atoms with Crippen LogP contribution in [0.15, 0.2) is 48.0 Å². The number of ketones is 1. The van der Waals surface area contributed by atoms with Crippen LogP contribution in [0.4, 0.5) is 0 Å². The van der Waals surface area contributed by atoms with Gasteiger partial charge in [0.25, 0.3) is 11.7 Å². The van der Waals surface area contributed by atoms with Gasteiger partial charge in [0.1, 0.15) is 11.5 Å². The number of carbonyl (C=O) groups is 2. The summed E-state index contributed by atoms with van der Waals surface area (Å²) in [5.41, 5.74) is 2.05. The molecule has 6 nitrogen and oxygen atoms in total. The van der Waals surface area contributed by atoms with Crippen molar-refractivity contribution in [3.05, 3.63) is 69.8 Å². The summed E-state index contributed by atoms with van der Waals surface area (Å²) in [6.45, 7) is 7.49. The second-order valence-electron chi connectivity index (χ2n) is 9.03. The van der Waals surface area contributed by atoms with Crippen molar-refractivity contribution in [2.24, 2.45) is 5.92 Å². The van der Waals surface area contributed by atoms with Crippen molar-refractivity contribution in [1.82, 2.24) is 9.80 Å². The maximum absolute atomic E-state index is 13.1. The fourth-order valence-electron chi connectivity index (χ4n) is 3.81. The number of rotatable bonds is 8. The zero-order valence-electron chi connectivity index (χ0n) is 19.8. The average molecular weight is 471 g/mol. The van der Waals surface area contributed by atoms with Crippen LogP contribution in [-0.4, -0.2) is 60.4 Å². The minimum Gasteiger partial charge on any atom is -0.507 e. The van der Waals surface area contributed by atoms with Crippen LogP contribution in [0, 0.1) is 12.8 Å². The molecule has 1 amide bonds. The van der Waals surface area contributed by atoms with Gasteiger partial charge in [0, 0.05) is 23.7 Å². The van der Waals surface area contributed by atoms with Crippen LogP contribution >= 0.6 is 11.6 Å². The fourth-order valence-corrected chi connectivity index (χ4v) is 3.94. The first-order valence-electron chi connectivity index (χ1n) is 11.0. The number of nitrogens with zero attached hydrogens (tertiary/aromatic N) is 2. The number of hydrogen-bond donors (Lipinski definition) is 1. The van der Waals surface area contributed by atoms with Gasteiger partial charge in [-0.05, 0) is 68.4 Å². The minimum atomic E-state index is -0.696. The molecule has 1 aliphatic rings. The first kappa shape index (κ1) is 24.8. The third-order valence-electron chi connectivity index (χ3n) is 5.55. The normalized spacial score (nSPS) is 17.9. The number of hydrogen-bond acceptors (Lipinski definition) is 5. The molecule has 0 aromatic heterocycles. The highest BCUT2D eigenvalue weighted by Crippen LogP contribution is 2.40. The second kappa shape index (κ2) is 10.4. The van der Waals surface area contributed by atoms with Crippen molar-refractivity contribution in [3.63, 3.8) is 0 Å². The molecule has 0 spiro atoms. The van der Waals surface area contributed by atoms with Crippen LogP contribution < -0.4 is 4.74 Å². The van der Waals surface area contributed by atoms with E-state index < -0.39 is 17.7 Å². The minimum absolute atomic E-state index is 0.0834. The summed E-state index contributed by atoms with van der Waals surface area (Å²) in [4.78, 5) is 29.5. The number of ether oxygens (including phenoxy) is 1. The maximum atomic E-state index is 13.1. The first-order valence-corrected chi connectivity index (χ1v) is 11.4. The van der Waals surface area contributed by atoms with Crippen molar-refractivity contribution in [1.29, 1.82) is 0 Å². The Morgan fingerprint density at radius 2 is 1.82 bits per heavy atom. The van der Waals surface area contributed by atoms with Crippen molar-refractivity contribution in [3.8, 4) is 5.75 Å². The molecule has 1 aliphatic heterocycles. The van der Waals surface area contributed by atoms with Crippen molar-refractivity contribution in [2.75, 3.05) is 33.8 Å². The molecule has 0 saturated carbocycles. The third-order valence-corrected chi connectivity index (χ3v) is 5.80. The Balaban J connectivity index is 2.07. The Kier molecular flexibility index (Phi) is 7.82. The number of Topliss-reactive ketones (excluding diaryl/α,β-unsaturated/α-hetero) is 1. The van der Waals surface area contributed by atoms with Crippen LogP contribution in [0.3, 0.4) is 0 Å². The molecule has 1 saturated heterocycles. The molecule has 1 fully saturated rings. The van der Waals surface area contributed by atoms with Gasteiger partial charge in [0.05, 0.1) is 18.2 Å². The number of likely N-dealkylation sites (tertiary alicyclic amines) is 1. The Hall–Kier alpha value is -2.83. The predicted molar refractivity (Wildman–Crippen MR) is 131 cm³/mol. The molecule has 3 rings (SSSR count). The van der Waals surface area contributed by atoms with Crippen LogP contribution in [-0.2, 0) is 9.59 Å². The molecule has 0 bridgehead atoms. The van der Waals surface area contributed by atoms with Gasteiger partial charge in [-0.25, -0.2) is 0 Å². The molecule has 1 N–H and O–H groups in total. The number of halogens is 1. The zero-order chi connectivity index (χ0) is 24.3. The van der Waals surface area contributed by atoms with Gasteiger partial charge >= 0.3 is 0 Å². The molecule has 33 heavy (non-hydrogen) atoms. The molecule has 7 heteroatoms. The molecule has 1 atom stereocenters. The molecule has 0 radical (unpaired) electrons. The molecule has 0 aliphatic carbocycles. The second-order valence-corrected chi connectivity index (χ2v) is 9.47. The third kappa shape index (κ3) is 5.57. The summed E-state index contributed by atoms with van der Waals surface area (Å²) in [6.07, 6.45) is 0. The zero-order valence-corrected chi connectivity index (χ0v) is 20.5. The highest BCUT2D eigenvalue weighted by molar-refractivity contribution is 6.46. The van der Waals surface area contributed by atoms with Crippen molar-refractivity contribution in [2.45, 2.75) is 26.8 Å². The Labute approximate surface area is 200 Å². The fraction of sp³-hybridized carbons (Fsp3) is 0.385. The van der Waals surface area contributed by atoms with E-state index >= 15 is 0 Å². The number of likely N-dealkylation sites (N-methyl/N-ethyl adjacent to an activating group) is 1. The summed E-state index contributed by atoms with van der Waals surface area (Å²) >= 11 is 6.06. The molecule has 2 aromatic carbocycles. The molecule has 176 valence electrons. The lowest BCUT2D eigenvalue weighted by molar-refractivity contribution is -0.140. The summed E-state index contributed by atoms with van der Waals surface area (Å²) < 4.78 is 5.78. The van der Waals surface area contributed by atoms with Crippen molar-refractivity contribution < 1.29 is 19.4 Å². The summed E-state index contributed by atoms with van der Waals surface area (Å²) in [5, 5.41) is 11.8. The van der Waals surface area contributed by atoms with Gasteiger partial charge in [-0.1, -0.05) is 37.6 Å².